The van der Waals surface area contributed by atoms with Crippen molar-refractivity contribution in [3.8, 4) is 0 Å². The van der Waals surface area contributed by atoms with Crippen molar-refractivity contribution >= 4 is 27.3 Å². The molecule has 0 unspecified atom stereocenters. The quantitative estimate of drug-likeness (QED) is 0.667. The van der Waals surface area contributed by atoms with E-state index in [4.69, 9.17) is 0 Å². The Morgan fingerprint density at radius 3 is 2.32 bits per heavy atom. The van der Waals surface area contributed by atoms with Gasteiger partial charge in [0, 0.05) is 30.0 Å². The monoisotopic (exact) mass is 406 g/mol. The summed E-state index contributed by atoms with van der Waals surface area (Å²) in [5.41, 5.74) is 4.32. The molecule has 0 bridgehead atoms. The number of amides is 1. The smallest absolute Gasteiger partial charge is 0.232 e. The fourth-order valence-electron chi connectivity index (χ4n) is 2.95. The first-order valence-electron chi connectivity index (χ1n) is 9.54. The Kier molecular flexibility index (Phi) is 7.23. The van der Waals surface area contributed by atoms with Crippen molar-refractivity contribution in [1.29, 1.82) is 0 Å². The molecule has 8 heteroatoms. The van der Waals surface area contributed by atoms with Crippen molar-refractivity contribution in [3.63, 3.8) is 0 Å². The molecule has 7 nitrogen and oxygen atoms in total. The minimum Gasteiger partial charge on any atom is -0.326 e. The Hall–Kier alpha value is -2.35. The Labute approximate surface area is 167 Å². The molecule has 28 heavy (non-hydrogen) atoms. The molecule has 2 aromatic rings. The molecule has 0 saturated carbocycles. The van der Waals surface area contributed by atoms with E-state index in [0.29, 0.717) is 30.1 Å². The van der Waals surface area contributed by atoms with Gasteiger partial charge in [-0.2, -0.15) is 5.10 Å². The van der Waals surface area contributed by atoms with Gasteiger partial charge in [0.05, 0.1) is 11.4 Å². The highest BCUT2D eigenvalue weighted by atomic mass is 32.2. The standard InChI is InChI=1S/C20H30N4O3S/c1-6-28(26,27)23-18-9-7-17(8-10-18)21-20(25)12-11-19-15(4)22-24(16(19)5)13-14(2)3/h7-10,14,23H,6,11-13H2,1-5H3,(H,21,25). The van der Waals surface area contributed by atoms with Gasteiger partial charge in [-0.3, -0.25) is 14.2 Å². The van der Waals surface area contributed by atoms with Crippen LogP contribution in [0.4, 0.5) is 11.4 Å². The zero-order valence-electron chi connectivity index (χ0n) is 17.2. The number of benzene rings is 1. The van der Waals surface area contributed by atoms with Crippen molar-refractivity contribution in [2.75, 3.05) is 15.8 Å². The summed E-state index contributed by atoms with van der Waals surface area (Å²) in [7, 11) is -3.31. The molecule has 0 fully saturated rings. The van der Waals surface area contributed by atoms with Gasteiger partial charge in [-0.15, -0.1) is 0 Å². The number of nitrogens with one attached hydrogen (secondary N) is 2. The lowest BCUT2D eigenvalue weighted by Crippen LogP contribution is -2.15. The second-order valence-corrected chi connectivity index (χ2v) is 9.37. The number of hydrogen-bond acceptors (Lipinski definition) is 4. The highest BCUT2D eigenvalue weighted by molar-refractivity contribution is 7.92. The third-order valence-corrected chi connectivity index (χ3v) is 5.80. The topological polar surface area (TPSA) is 93.1 Å². The Morgan fingerprint density at radius 2 is 1.75 bits per heavy atom. The van der Waals surface area contributed by atoms with Crippen molar-refractivity contribution in [2.24, 2.45) is 5.92 Å². The number of carbonyl (C=O) groups excluding carboxylic acids is 1. The van der Waals surface area contributed by atoms with Crippen LogP contribution in [0, 0.1) is 19.8 Å². The lowest BCUT2D eigenvalue weighted by molar-refractivity contribution is -0.116. The largest absolute Gasteiger partial charge is 0.326 e. The summed E-state index contributed by atoms with van der Waals surface area (Å²) in [4.78, 5) is 12.3. The van der Waals surface area contributed by atoms with E-state index in [1.54, 1.807) is 31.2 Å². The molecule has 0 aliphatic rings. The van der Waals surface area contributed by atoms with Gasteiger partial charge < -0.3 is 5.32 Å². The number of carbonyl (C=O) groups is 1. The first kappa shape index (κ1) is 21.9. The average molecular weight is 407 g/mol. The highest BCUT2D eigenvalue weighted by Gasteiger charge is 2.14. The van der Waals surface area contributed by atoms with E-state index in [1.165, 1.54) is 0 Å². The molecule has 1 aromatic carbocycles. The zero-order chi connectivity index (χ0) is 20.9. The van der Waals surface area contributed by atoms with Crippen LogP contribution >= 0.6 is 0 Å². The maximum absolute atomic E-state index is 12.3. The number of aromatic nitrogens is 2. The summed E-state index contributed by atoms with van der Waals surface area (Å²) in [6, 6.07) is 6.63. The Balaban J connectivity index is 1.93. The van der Waals surface area contributed by atoms with Crippen LogP contribution in [0.25, 0.3) is 0 Å². The van der Waals surface area contributed by atoms with Gasteiger partial charge in [-0.05, 0) is 62.9 Å². The first-order valence-corrected chi connectivity index (χ1v) is 11.2. The third kappa shape index (κ3) is 6.09. The van der Waals surface area contributed by atoms with Crippen LogP contribution in [0.2, 0.25) is 0 Å². The number of nitrogens with zero attached hydrogens (tertiary/aromatic N) is 2. The third-order valence-electron chi connectivity index (χ3n) is 4.49. The molecule has 0 spiro atoms. The number of rotatable bonds is 9. The van der Waals surface area contributed by atoms with Crippen molar-refractivity contribution in [3.05, 3.63) is 41.2 Å². The summed E-state index contributed by atoms with van der Waals surface area (Å²) < 4.78 is 27.6. The van der Waals surface area contributed by atoms with Crippen molar-refractivity contribution in [1.82, 2.24) is 9.78 Å². The predicted octanol–water partition coefficient (Wildman–Crippen LogP) is 3.49. The van der Waals surface area contributed by atoms with Gasteiger partial charge in [-0.1, -0.05) is 13.8 Å². The SMILES string of the molecule is CCS(=O)(=O)Nc1ccc(NC(=O)CCc2c(C)nn(CC(C)C)c2C)cc1. The van der Waals surface area contributed by atoms with Gasteiger partial charge in [0.25, 0.3) is 0 Å². The number of sulfonamides is 1. The van der Waals surface area contributed by atoms with Crippen molar-refractivity contribution in [2.45, 2.75) is 54.0 Å². The van der Waals surface area contributed by atoms with Crippen LogP contribution in [0.1, 0.15) is 44.1 Å². The Morgan fingerprint density at radius 1 is 1.14 bits per heavy atom. The first-order chi connectivity index (χ1) is 13.1. The van der Waals surface area contributed by atoms with Gasteiger partial charge >= 0.3 is 0 Å². The Bertz CT molecular complexity index is 916. The molecular formula is C20H30N4O3S. The zero-order valence-corrected chi connectivity index (χ0v) is 18.1. The summed E-state index contributed by atoms with van der Waals surface area (Å²) in [6.45, 7) is 10.8. The van der Waals surface area contributed by atoms with Crippen LogP contribution < -0.4 is 10.0 Å². The van der Waals surface area contributed by atoms with Crippen LogP contribution in [-0.2, 0) is 27.8 Å². The average Bonchev–Trinajstić information content (AvgIpc) is 2.87. The summed E-state index contributed by atoms with van der Waals surface area (Å²) >= 11 is 0. The molecule has 2 N–H and O–H groups in total. The lowest BCUT2D eigenvalue weighted by Gasteiger charge is -2.09. The van der Waals surface area contributed by atoms with E-state index >= 15 is 0 Å². The second-order valence-electron chi connectivity index (χ2n) is 7.36. The highest BCUT2D eigenvalue weighted by Crippen LogP contribution is 2.18. The van der Waals surface area contributed by atoms with Gasteiger partial charge in [0.15, 0.2) is 0 Å². The molecule has 1 amide bonds. The molecule has 1 aromatic heterocycles. The van der Waals surface area contributed by atoms with Crippen LogP contribution in [0.3, 0.4) is 0 Å². The number of anilines is 2. The van der Waals surface area contributed by atoms with Crippen LogP contribution in [-0.4, -0.2) is 29.9 Å². The van der Waals surface area contributed by atoms with Gasteiger partial charge in [-0.25, -0.2) is 8.42 Å². The molecule has 0 saturated heterocycles. The lowest BCUT2D eigenvalue weighted by atomic mass is 10.1. The molecule has 0 atom stereocenters. The van der Waals surface area contributed by atoms with E-state index in [9.17, 15) is 13.2 Å². The molecule has 1 heterocycles. The van der Waals surface area contributed by atoms with E-state index < -0.39 is 10.0 Å². The van der Waals surface area contributed by atoms with E-state index in [1.807, 2.05) is 18.5 Å². The molecule has 0 aliphatic carbocycles. The summed E-state index contributed by atoms with van der Waals surface area (Å²) in [6.07, 6.45) is 0.995. The van der Waals surface area contributed by atoms with Gasteiger partial charge in [0.2, 0.25) is 15.9 Å². The maximum atomic E-state index is 12.3. The fourth-order valence-corrected chi connectivity index (χ4v) is 3.59. The van der Waals surface area contributed by atoms with Crippen LogP contribution in [0.5, 0.6) is 0 Å². The van der Waals surface area contributed by atoms with E-state index in [0.717, 1.165) is 23.5 Å². The molecule has 2 rings (SSSR count). The van der Waals surface area contributed by atoms with E-state index in [-0.39, 0.29) is 11.7 Å². The number of hydrogen-bond donors (Lipinski definition) is 2. The van der Waals surface area contributed by atoms with E-state index in [2.05, 4.69) is 29.0 Å². The van der Waals surface area contributed by atoms with Gasteiger partial charge in [0.1, 0.15) is 0 Å². The number of aryl methyl sites for hydroxylation is 1. The molecule has 0 aliphatic heterocycles. The summed E-state index contributed by atoms with van der Waals surface area (Å²) in [5, 5.41) is 7.44. The van der Waals surface area contributed by atoms with Crippen molar-refractivity contribution < 1.29 is 13.2 Å². The minimum atomic E-state index is -3.31. The minimum absolute atomic E-state index is 0.0120. The molecule has 154 valence electrons. The summed E-state index contributed by atoms with van der Waals surface area (Å²) in [5.74, 6) is 0.439. The molecule has 0 radical (unpaired) electrons. The normalized spacial score (nSPS) is 11.6. The van der Waals surface area contributed by atoms with Crippen LogP contribution in [0.15, 0.2) is 24.3 Å². The second kappa shape index (κ2) is 9.23. The maximum Gasteiger partial charge on any atom is 0.232 e. The molecular weight excluding hydrogens is 376 g/mol. The fraction of sp³-hybridized carbons (Fsp3) is 0.500. The predicted molar refractivity (Wildman–Crippen MR) is 113 cm³/mol.